The van der Waals surface area contributed by atoms with Gasteiger partial charge >= 0.3 is 0 Å². The minimum atomic E-state index is 0.189. The van der Waals surface area contributed by atoms with Crippen LogP contribution in [0.25, 0.3) is 11.1 Å². The van der Waals surface area contributed by atoms with E-state index in [0.717, 1.165) is 5.56 Å². The van der Waals surface area contributed by atoms with E-state index in [0.29, 0.717) is 6.42 Å². The van der Waals surface area contributed by atoms with Gasteiger partial charge in [0.05, 0.1) is 0 Å². The maximum Gasteiger partial charge on any atom is 0.0471 e. The third-order valence-corrected chi connectivity index (χ3v) is 4.47. The number of hydrogen-bond acceptors (Lipinski definition) is 2. The van der Waals surface area contributed by atoms with Crippen molar-refractivity contribution in [3.63, 3.8) is 0 Å². The summed E-state index contributed by atoms with van der Waals surface area (Å²) >= 11 is 1.72. The smallest absolute Gasteiger partial charge is 0.0471 e. The molecule has 3 rings (SSSR count). The van der Waals surface area contributed by atoms with Crippen molar-refractivity contribution in [1.29, 1.82) is 0 Å². The maximum atomic E-state index is 8.97. The number of benzene rings is 2. The van der Waals surface area contributed by atoms with E-state index in [2.05, 4.69) is 48.5 Å². The second-order valence-electron chi connectivity index (χ2n) is 4.94. The highest BCUT2D eigenvalue weighted by Crippen LogP contribution is 2.35. The molecule has 0 heterocycles. The van der Waals surface area contributed by atoms with Gasteiger partial charge in [-0.3, -0.25) is 0 Å². The summed E-state index contributed by atoms with van der Waals surface area (Å²) in [7, 11) is 0. The van der Waals surface area contributed by atoms with Crippen LogP contribution < -0.4 is 0 Å². The summed E-state index contributed by atoms with van der Waals surface area (Å²) in [5.74, 6) is 0. The Morgan fingerprint density at radius 2 is 1.59 bits per heavy atom. The SMILES string of the molecule is OCCc1ccc(Sc2cc#ccc2-c2ccccc2)cc1. The molecule has 0 aliphatic heterocycles. The lowest BCUT2D eigenvalue weighted by molar-refractivity contribution is 0.299. The first-order chi connectivity index (χ1) is 10.9. The highest BCUT2D eigenvalue weighted by atomic mass is 32.2. The van der Waals surface area contributed by atoms with Crippen LogP contribution in [-0.4, -0.2) is 11.7 Å². The molecule has 0 saturated heterocycles. The molecule has 0 bridgehead atoms. The number of aliphatic hydroxyl groups excluding tert-OH is 1. The molecule has 0 aliphatic rings. The quantitative estimate of drug-likeness (QED) is 0.741. The van der Waals surface area contributed by atoms with E-state index in [4.69, 9.17) is 5.11 Å². The van der Waals surface area contributed by atoms with Crippen molar-refractivity contribution in [2.75, 3.05) is 6.61 Å². The third-order valence-electron chi connectivity index (χ3n) is 3.40. The predicted octanol–water partition coefficient (Wildman–Crippen LogP) is 4.64. The minimum Gasteiger partial charge on any atom is -0.396 e. The van der Waals surface area contributed by atoms with Crippen molar-refractivity contribution in [3.05, 3.63) is 84.4 Å². The Morgan fingerprint density at radius 1 is 0.864 bits per heavy atom. The average Bonchev–Trinajstić information content (AvgIpc) is 2.58. The Kier molecular flexibility index (Phi) is 4.80. The number of rotatable bonds is 5. The standard InChI is InChI=1S/C20H16OS/c21-15-14-16-10-12-18(13-11-16)22-20-9-5-4-8-19(20)17-6-2-1-3-7-17/h1-3,6-13,21H,14-15H2. The maximum absolute atomic E-state index is 8.97. The first-order valence-electron chi connectivity index (χ1n) is 7.21. The lowest BCUT2D eigenvalue weighted by atomic mass is 10.1. The van der Waals surface area contributed by atoms with Gasteiger partial charge in [-0.1, -0.05) is 66.4 Å². The van der Waals surface area contributed by atoms with Crippen LogP contribution in [0.3, 0.4) is 0 Å². The molecule has 0 spiro atoms. The molecule has 0 amide bonds. The summed E-state index contributed by atoms with van der Waals surface area (Å²) in [5, 5.41) is 8.97. The molecule has 0 aliphatic carbocycles. The Balaban J connectivity index is 1.86. The van der Waals surface area contributed by atoms with Crippen LogP contribution in [0.4, 0.5) is 0 Å². The van der Waals surface area contributed by atoms with Crippen LogP contribution >= 0.6 is 11.8 Å². The zero-order valence-electron chi connectivity index (χ0n) is 12.1. The fraction of sp³-hybridized carbons (Fsp3) is 0.100. The molecule has 3 aromatic rings. The van der Waals surface area contributed by atoms with Crippen LogP contribution in [0.2, 0.25) is 0 Å². The third kappa shape index (κ3) is 3.51. The van der Waals surface area contributed by atoms with Gasteiger partial charge in [0.1, 0.15) is 0 Å². The topological polar surface area (TPSA) is 20.2 Å². The average molecular weight is 304 g/mol. The van der Waals surface area contributed by atoms with Crippen LogP contribution in [0.1, 0.15) is 5.56 Å². The monoisotopic (exact) mass is 304 g/mol. The zero-order valence-corrected chi connectivity index (χ0v) is 12.9. The molecule has 0 saturated carbocycles. The van der Waals surface area contributed by atoms with Gasteiger partial charge in [-0.2, -0.15) is 0 Å². The van der Waals surface area contributed by atoms with Crippen molar-refractivity contribution in [3.8, 4) is 11.1 Å². The second kappa shape index (κ2) is 7.17. The fourth-order valence-electron chi connectivity index (χ4n) is 2.28. The Morgan fingerprint density at radius 3 is 2.32 bits per heavy atom. The summed E-state index contributed by atoms with van der Waals surface area (Å²) in [6.45, 7) is 0.189. The lowest BCUT2D eigenvalue weighted by Crippen LogP contribution is -1.89. The first-order valence-corrected chi connectivity index (χ1v) is 8.03. The van der Waals surface area contributed by atoms with E-state index in [-0.39, 0.29) is 6.61 Å². The fourth-order valence-corrected chi connectivity index (χ4v) is 3.21. The van der Waals surface area contributed by atoms with Gasteiger partial charge in [-0.25, -0.2) is 0 Å². The van der Waals surface area contributed by atoms with Crippen LogP contribution in [0.5, 0.6) is 0 Å². The van der Waals surface area contributed by atoms with Gasteiger partial charge in [-0.05, 0) is 35.7 Å². The van der Waals surface area contributed by atoms with Gasteiger partial charge in [-0.15, -0.1) is 0 Å². The molecule has 108 valence electrons. The van der Waals surface area contributed by atoms with Crippen molar-refractivity contribution >= 4 is 11.8 Å². The highest BCUT2D eigenvalue weighted by molar-refractivity contribution is 7.99. The summed E-state index contributed by atoms with van der Waals surface area (Å²) in [6, 6.07) is 28.7. The number of hydrogen-bond donors (Lipinski definition) is 1. The molecular formula is C20H16OS. The largest absolute Gasteiger partial charge is 0.396 e. The molecule has 1 N–H and O–H groups in total. The molecule has 1 nitrogen and oxygen atoms in total. The Labute approximate surface area is 135 Å². The Hall–Kier alpha value is -2.21. The summed E-state index contributed by atoms with van der Waals surface area (Å²) < 4.78 is 0. The molecule has 0 fully saturated rings. The molecule has 3 aromatic carbocycles. The summed E-state index contributed by atoms with van der Waals surface area (Å²) in [6.07, 6.45) is 0.703. The second-order valence-corrected chi connectivity index (χ2v) is 6.06. The molecule has 2 heteroatoms. The Bertz CT molecular complexity index is 720. The van der Waals surface area contributed by atoms with Crippen molar-refractivity contribution in [2.45, 2.75) is 16.2 Å². The molecule has 0 unspecified atom stereocenters. The first kappa shape index (κ1) is 14.7. The normalized spacial score (nSPS) is 10.2. The van der Waals surface area contributed by atoms with E-state index in [9.17, 15) is 0 Å². The van der Waals surface area contributed by atoms with Crippen molar-refractivity contribution < 1.29 is 5.11 Å². The van der Waals surface area contributed by atoms with E-state index in [1.54, 1.807) is 11.8 Å². The van der Waals surface area contributed by atoms with Gasteiger partial charge in [0.25, 0.3) is 0 Å². The van der Waals surface area contributed by atoms with E-state index < -0.39 is 0 Å². The molecule has 0 aromatic heterocycles. The van der Waals surface area contributed by atoms with Crippen molar-refractivity contribution in [2.24, 2.45) is 0 Å². The molecule has 0 atom stereocenters. The summed E-state index contributed by atoms with van der Waals surface area (Å²) in [5.41, 5.74) is 3.51. The van der Waals surface area contributed by atoms with E-state index in [1.165, 1.54) is 20.9 Å². The van der Waals surface area contributed by atoms with Gasteiger partial charge in [0.2, 0.25) is 0 Å². The van der Waals surface area contributed by atoms with Crippen LogP contribution in [0.15, 0.2) is 76.5 Å². The predicted molar refractivity (Wildman–Crippen MR) is 90.9 cm³/mol. The van der Waals surface area contributed by atoms with Crippen LogP contribution in [0, 0.1) is 12.1 Å². The molecular weight excluding hydrogens is 288 g/mol. The highest BCUT2D eigenvalue weighted by Gasteiger charge is 2.06. The van der Waals surface area contributed by atoms with Crippen molar-refractivity contribution in [1.82, 2.24) is 0 Å². The molecule has 0 radical (unpaired) electrons. The van der Waals surface area contributed by atoms with Gasteiger partial charge in [0, 0.05) is 28.0 Å². The number of aliphatic hydroxyl groups is 1. The lowest BCUT2D eigenvalue weighted by Gasteiger charge is -2.08. The van der Waals surface area contributed by atoms with Gasteiger partial charge < -0.3 is 5.11 Å². The summed E-state index contributed by atoms with van der Waals surface area (Å²) in [4.78, 5) is 2.35. The van der Waals surface area contributed by atoms with E-state index >= 15 is 0 Å². The minimum absolute atomic E-state index is 0.189. The van der Waals surface area contributed by atoms with Gasteiger partial charge in [0.15, 0.2) is 0 Å². The zero-order chi connectivity index (χ0) is 15.2. The van der Waals surface area contributed by atoms with Crippen LogP contribution in [-0.2, 0) is 6.42 Å². The van der Waals surface area contributed by atoms with E-state index in [1.807, 2.05) is 30.3 Å². The molecule has 22 heavy (non-hydrogen) atoms.